The van der Waals surface area contributed by atoms with Gasteiger partial charge >= 0.3 is 6.03 Å². The minimum atomic E-state index is -0.572. The van der Waals surface area contributed by atoms with Gasteiger partial charge in [0.05, 0.1) is 16.0 Å². The van der Waals surface area contributed by atoms with Gasteiger partial charge in [-0.15, -0.1) is 11.3 Å². The van der Waals surface area contributed by atoms with Crippen molar-refractivity contribution < 1.29 is 14.7 Å². The molecule has 1 amide bonds. The number of rotatable bonds is 6. The molecule has 0 saturated carbocycles. The predicted octanol–water partition coefficient (Wildman–Crippen LogP) is 7.16. The van der Waals surface area contributed by atoms with Crippen molar-refractivity contribution in [3.05, 3.63) is 117 Å². The fourth-order valence-electron chi connectivity index (χ4n) is 4.08. The Morgan fingerprint density at radius 3 is 2.29 bits per heavy atom. The normalized spacial score (nSPS) is 11.0. The van der Waals surface area contributed by atoms with Crippen LogP contribution in [0.2, 0.25) is 5.02 Å². The summed E-state index contributed by atoms with van der Waals surface area (Å²) in [5, 5.41) is 16.4. The number of carbonyl (C=O) groups is 2. The van der Waals surface area contributed by atoms with Crippen LogP contribution < -0.4 is 5.32 Å². The summed E-state index contributed by atoms with van der Waals surface area (Å²) in [6.07, 6.45) is 1.82. The molecule has 0 aliphatic rings. The summed E-state index contributed by atoms with van der Waals surface area (Å²) >= 11 is 7.44. The lowest BCUT2D eigenvalue weighted by Crippen LogP contribution is -2.19. The van der Waals surface area contributed by atoms with Gasteiger partial charge in [0.25, 0.3) is 0 Å². The van der Waals surface area contributed by atoms with E-state index in [9.17, 15) is 14.7 Å². The molecule has 3 aromatic carbocycles. The van der Waals surface area contributed by atoms with E-state index >= 15 is 0 Å². The Kier molecular flexibility index (Phi) is 6.40. The number of hydrogen-bond acceptors (Lipinski definition) is 4. The van der Waals surface area contributed by atoms with Crippen LogP contribution in [0.4, 0.5) is 10.5 Å². The molecule has 7 heteroatoms. The molecule has 5 nitrogen and oxygen atoms in total. The highest BCUT2D eigenvalue weighted by atomic mass is 35.5. The van der Waals surface area contributed by atoms with Crippen molar-refractivity contribution in [3.8, 4) is 5.88 Å². The lowest BCUT2D eigenvalue weighted by atomic mass is 10.0. The van der Waals surface area contributed by atoms with Gasteiger partial charge in [0, 0.05) is 16.1 Å². The Hall–Kier alpha value is -3.87. The number of nitrogens with zero attached hydrogens (tertiary/aromatic N) is 1. The van der Waals surface area contributed by atoms with Crippen molar-refractivity contribution in [2.45, 2.75) is 12.8 Å². The topological polar surface area (TPSA) is 71.3 Å². The molecule has 5 aromatic rings. The van der Waals surface area contributed by atoms with Crippen molar-refractivity contribution in [1.29, 1.82) is 0 Å². The maximum absolute atomic E-state index is 13.2. The van der Waals surface area contributed by atoms with Gasteiger partial charge in [-0.05, 0) is 65.7 Å². The van der Waals surface area contributed by atoms with E-state index in [0.29, 0.717) is 26.5 Å². The van der Waals surface area contributed by atoms with E-state index in [-0.39, 0.29) is 11.3 Å². The molecule has 0 aliphatic carbocycles. The Balaban J connectivity index is 1.40. The smallest absolute Gasteiger partial charge is 0.333 e. The van der Waals surface area contributed by atoms with Gasteiger partial charge in [-0.2, -0.15) is 0 Å². The van der Waals surface area contributed by atoms with Crippen molar-refractivity contribution in [1.82, 2.24) is 4.57 Å². The highest BCUT2D eigenvalue weighted by molar-refractivity contribution is 7.12. The fraction of sp³-hybridized carbons (Fsp3) is 0.0714. The Morgan fingerprint density at radius 1 is 0.886 bits per heavy atom. The van der Waals surface area contributed by atoms with Crippen LogP contribution in [-0.2, 0) is 12.8 Å². The molecular formula is C28H21ClN2O3S. The van der Waals surface area contributed by atoms with Gasteiger partial charge in [0.2, 0.25) is 11.7 Å². The zero-order chi connectivity index (χ0) is 24.4. The number of aromatic hydroxyl groups is 1. The first kappa shape index (κ1) is 22.9. The van der Waals surface area contributed by atoms with E-state index in [4.69, 9.17) is 11.6 Å². The van der Waals surface area contributed by atoms with Crippen LogP contribution in [0.15, 0.2) is 90.3 Å². The van der Waals surface area contributed by atoms with Crippen molar-refractivity contribution in [2.75, 3.05) is 5.32 Å². The Morgan fingerprint density at radius 2 is 1.60 bits per heavy atom. The van der Waals surface area contributed by atoms with E-state index in [2.05, 4.69) is 17.4 Å². The summed E-state index contributed by atoms with van der Waals surface area (Å²) in [5.74, 6) is -0.781. The van der Waals surface area contributed by atoms with E-state index in [0.717, 1.165) is 23.0 Å². The number of benzene rings is 3. The molecule has 0 aliphatic heterocycles. The summed E-state index contributed by atoms with van der Waals surface area (Å²) < 4.78 is 1.11. The second-order valence-corrected chi connectivity index (χ2v) is 9.50. The molecule has 0 saturated heterocycles. The van der Waals surface area contributed by atoms with E-state index in [1.165, 1.54) is 16.9 Å². The zero-order valence-electron chi connectivity index (χ0n) is 18.6. The van der Waals surface area contributed by atoms with Gasteiger partial charge in [-0.25, -0.2) is 9.36 Å². The highest BCUT2D eigenvalue weighted by Crippen LogP contribution is 2.35. The second-order valence-electron chi connectivity index (χ2n) is 8.11. The lowest BCUT2D eigenvalue weighted by Gasteiger charge is -2.09. The molecule has 2 heterocycles. The number of aryl methyl sites for hydroxylation is 2. The van der Waals surface area contributed by atoms with Crippen molar-refractivity contribution in [3.63, 3.8) is 0 Å². The molecule has 0 radical (unpaired) electrons. The van der Waals surface area contributed by atoms with Crippen LogP contribution in [0.3, 0.4) is 0 Å². The van der Waals surface area contributed by atoms with Crippen LogP contribution in [0.5, 0.6) is 5.88 Å². The number of halogens is 1. The minimum absolute atomic E-state index is 0.0522. The van der Waals surface area contributed by atoms with Crippen LogP contribution in [0, 0.1) is 0 Å². The maximum Gasteiger partial charge on any atom is 0.333 e. The lowest BCUT2D eigenvalue weighted by molar-refractivity contribution is 0.104. The van der Waals surface area contributed by atoms with E-state index in [1.807, 2.05) is 42.5 Å². The second kappa shape index (κ2) is 9.78. The molecule has 0 atom stereocenters. The van der Waals surface area contributed by atoms with Crippen LogP contribution in [-0.4, -0.2) is 21.5 Å². The summed E-state index contributed by atoms with van der Waals surface area (Å²) in [6.45, 7) is 0. The number of hydrogen-bond donors (Lipinski definition) is 2. The minimum Gasteiger partial charge on any atom is -0.494 e. The number of anilines is 1. The first-order chi connectivity index (χ1) is 17.0. The molecular weight excluding hydrogens is 480 g/mol. The van der Waals surface area contributed by atoms with Gasteiger partial charge in [0.1, 0.15) is 0 Å². The number of aromatic nitrogens is 1. The third-order valence-corrected chi connectivity index (χ3v) is 6.93. The molecule has 35 heavy (non-hydrogen) atoms. The number of ketones is 1. The van der Waals surface area contributed by atoms with Crippen LogP contribution in [0.25, 0.3) is 10.9 Å². The molecule has 0 fully saturated rings. The average molecular weight is 501 g/mol. The Bertz CT molecular complexity index is 1510. The van der Waals surface area contributed by atoms with Gasteiger partial charge < -0.3 is 10.4 Å². The predicted molar refractivity (Wildman–Crippen MR) is 141 cm³/mol. The molecule has 0 unspecified atom stereocenters. The summed E-state index contributed by atoms with van der Waals surface area (Å²) in [5.41, 5.74) is 3.45. The number of fused-ring (bicyclic) bond motifs is 1. The molecule has 5 rings (SSSR count). The molecule has 0 spiro atoms. The first-order valence-corrected chi connectivity index (χ1v) is 12.3. The van der Waals surface area contributed by atoms with Gasteiger partial charge in [-0.3, -0.25) is 4.79 Å². The molecule has 2 aromatic heterocycles. The third-order valence-electron chi connectivity index (χ3n) is 5.83. The zero-order valence-corrected chi connectivity index (χ0v) is 20.1. The van der Waals surface area contributed by atoms with E-state index < -0.39 is 11.9 Å². The highest BCUT2D eigenvalue weighted by Gasteiger charge is 2.27. The van der Waals surface area contributed by atoms with Gasteiger partial charge in [-0.1, -0.05) is 60.1 Å². The number of amides is 1. The number of thiophene rings is 1. The van der Waals surface area contributed by atoms with Gasteiger partial charge in [0.15, 0.2) is 0 Å². The average Bonchev–Trinajstić information content (AvgIpc) is 3.50. The Labute approximate surface area is 211 Å². The molecule has 174 valence electrons. The first-order valence-electron chi connectivity index (χ1n) is 11.1. The fourth-order valence-corrected chi connectivity index (χ4v) is 4.92. The van der Waals surface area contributed by atoms with Crippen LogP contribution in [0.1, 0.15) is 26.4 Å². The van der Waals surface area contributed by atoms with Crippen LogP contribution >= 0.6 is 22.9 Å². The summed E-state index contributed by atoms with van der Waals surface area (Å²) in [4.78, 5) is 26.8. The number of carbonyl (C=O) groups excluding carboxylic acids is 2. The summed E-state index contributed by atoms with van der Waals surface area (Å²) in [6, 6.07) is 25.6. The quantitative estimate of drug-likeness (QED) is 0.243. The van der Waals surface area contributed by atoms with E-state index in [1.54, 1.807) is 35.7 Å². The standard InChI is InChI=1S/C28H21ClN2O3S/c29-20-12-15-23-22(17-20)25(26(32)24-7-4-16-35-24)27(33)31(23)28(34)30-21-13-10-19(11-14-21)9-8-18-5-2-1-3-6-18/h1-7,10-17,33H,8-9H2,(H,30,34). The van der Waals surface area contributed by atoms with Crippen molar-refractivity contribution in [2.24, 2.45) is 0 Å². The maximum atomic E-state index is 13.2. The monoisotopic (exact) mass is 500 g/mol. The molecule has 0 bridgehead atoms. The number of nitrogens with one attached hydrogen (secondary N) is 1. The summed E-state index contributed by atoms with van der Waals surface area (Å²) in [7, 11) is 0. The molecule has 2 N–H and O–H groups in total. The SMILES string of the molecule is O=C(c1cccs1)c1c(O)n(C(=O)Nc2ccc(CCc3ccccc3)cc2)c2ccc(Cl)cc12. The van der Waals surface area contributed by atoms with Crippen molar-refractivity contribution >= 4 is 51.3 Å². The third kappa shape index (κ3) is 4.71. The largest absolute Gasteiger partial charge is 0.494 e.